The number of nitrogens with zero attached hydrogens (tertiary/aromatic N) is 1. The number of benzene rings is 2. The lowest BCUT2D eigenvalue weighted by atomic mass is 9.78. The van der Waals surface area contributed by atoms with E-state index in [1.54, 1.807) is 12.1 Å². The molecule has 0 amide bonds. The van der Waals surface area contributed by atoms with E-state index in [4.69, 9.17) is 5.26 Å². The molecule has 0 saturated heterocycles. The summed E-state index contributed by atoms with van der Waals surface area (Å²) in [5.41, 5.74) is -0.258. The van der Waals surface area contributed by atoms with Gasteiger partial charge in [0.15, 0.2) is 0 Å². The van der Waals surface area contributed by atoms with Crippen molar-refractivity contribution in [1.82, 2.24) is 0 Å². The van der Waals surface area contributed by atoms with Crippen LogP contribution in [0.1, 0.15) is 68.6 Å². The molecule has 0 bridgehead atoms. The molecule has 0 unspecified atom stereocenters. The van der Waals surface area contributed by atoms with Crippen LogP contribution in [0.5, 0.6) is 5.75 Å². The zero-order valence-electron chi connectivity index (χ0n) is 17.6. The number of hydrogen-bond acceptors (Lipinski definition) is 2. The van der Waals surface area contributed by atoms with Gasteiger partial charge in [-0.25, -0.2) is 8.78 Å². The molecule has 0 radical (unpaired) electrons. The SMILES string of the molecule is CCC[C@H]1CC[C@H](CCc2ccc(C(F)(F)Oc3cc(F)c(C#N)c(F)c3)cc2)CC1. The third kappa shape index (κ3) is 6.00. The predicted molar refractivity (Wildman–Crippen MR) is 111 cm³/mol. The molecule has 31 heavy (non-hydrogen) atoms. The third-order valence-electron chi connectivity index (χ3n) is 6.17. The smallest absolute Gasteiger partial charge is 0.426 e. The van der Waals surface area contributed by atoms with Gasteiger partial charge in [0.25, 0.3) is 0 Å². The van der Waals surface area contributed by atoms with E-state index in [2.05, 4.69) is 11.7 Å². The maximum atomic E-state index is 14.5. The quantitative estimate of drug-likeness (QED) is 0.404. The highest BCUT2D eigenvalue weighted by atomic mass is 19.3. The summed E-state index contributed by atoms with van der Waals surface area (Å²) >= 11 is 0. The van der Waals surface area contributed by atoms with E-state index < -0.39 is 34.6 Å². The van der Waals surface area contributed by atoms with E-state index in [1.165, 1.54) is 56.7 Å². The zero-order valence-corrected chi connectivity index (χ0v) is 17.6. The maximum Gasteiger partial charge on any atom is 0.426 e. The monoisotopic (exact) mass is 433 g/mol. The normalized spacial score (nSPS) is 19.1. The molecule has 0 N–H and O–H groups in total. The summed E-state index contributed by atoms with van der Waals surface area (Å²) in [6.07, 6.45) is 5.74. The van der Waals surface area contributed by atoms with Gasteiger partial charge in [-0.3, -0.25) is 0 Å². The Bertz CT molecular complexity index is 889. The fourth-order valence-electron chi connectivity index (χ4n) is 4.38. The van der Waals surface area contributed by atoms with E-state index in [-0.39, 0.29) is 0 Å². The second-order valence-corrected chi connectivity index (χ2v) is 8.40. The lowest BCUT2D eigenvalue weighted by molar-refractivity contribution is -0.185. The minimum atomic E-state index is -3.76. The molecule has 1 fully saturated rings. The lowest BCUT2D eigenvalue weighted by Crippen LogP contribution is -2.22. The van der Waals surface area contributed by atoms with Crippen LogP contribution in [-0.2, 0) is 12.5 Å². The predicted octanol–water partition coefficient (Wildman–Crippen LogP) is 7.50. The van der Waals surface area contributed by atoms with Crippen molar-refractivity contribution >= 4 is 0 Å². The van der Waals surface area contributed by atoms with Crippen LogP contribution in [0.3, 0.4) is 0 Å². The Morgan fingerprint density at radius 1 is 0.968 bits per heavy atom. The fraction of sp³-hybridized carbons (Fsp3) is 0.480. The van der Waals surface area contributed by atoms with Crippen LogP contribution in [0.2, 0.25) is 0 Å². The highest BCUT2D eigenvalue weighted by Gasteiger charge is 2.35. The van der Waals surface area contributed by atoms with Gasteiger partial charge in [-0.1, -0.05) is 57.6 Å². The van der Waals surface area contributed by atoms with Crippen LogP contribution in [-0.4, -0.2) is 0 Å². The van der Waals surface area contributed by atoms with Crippen LogP contribution in [0, 0.1) is 34.8 Å². The minimum Gasteiger partial charge on any atom is -0.429 e. The highest BCUT2D eigenvalue weighted by molar-refractivity contribution is 5.38. The van der Waals surface area contributed by atoms with Crippen molar-refractivity contribution in [3.8, 4) is 11.8 Å². The standard InChI is InChI=1S/C25H27F4NO/c1-2-3-17-4-6-18(7-5-17)8-9-19-10-12-20(13-11-19)25(28,29)31-21-14-23(26)22(16-30)24(27)15-21/h10-15,17-18H,2-9H2,1H3/t17-,18-. The van der Waals surface area contributed by atoms with Crippen molar-refractivity contribution in [2.24, 2.45) is 11.8 Å². The van der Waals surface area contributed by atoms with Crippen LogP contribution in [0.25, 0.3) is 0 Å². The first-order valence-corrected chi connectivity index (χ1v) is 10.9. The second-order valence-electron chi connectivity index (χ2n) is 8.40. The number of nitriles is 1. The number of halogens is 4. The topological polar surface area (TPSA) is 33.0 Å². The maximum absolute atomic E-state index is 14.5. The van der Waals surface area contributed by atoms with Gasteiger partial charge in [0.2, 0.25) is 0 Å². The van der Waals surface area contributed by atoms with E-state index in [9.17, 15) is 17.6 Å². The molecule has 0 aromatic heterocycles. The summed E-state index contributed by atoms with van der Waals surface area (Å²) < 4.78 is 60.8. The number of rotatable bonds is 8. The van der Waals surface area contributed by atoms with Gasteiger partial charge >= 0.3 is 6.11 Å². The Morgan fingerprint density at radius 3 is 2.03 bits per heavy atom. The summed E-state index contributed by atoms with van der Waals surface area (Å²) in [5.74, 6) is -1.61. The van der Waals surface area contributed by atoms with E-state index in [0.717, 1.165) is 24.3 Å². The number of aryl methyl sites for hydroxylation is 1. The van der Waals surface area contributed by atoms with Gasteiger partial charge in [0, 0.05) is 12.1 Å². The van der Waals surface area contributed by atoms with Gasteiger partial charge in [0.1, 0.15) is 29.0 Å². The van der Waals surface area contributed by atoms with Crippen molar-refractivity contribution < 1.29 is 22.3 Å². The lowest BCUT2D eigenvalue weighted by Gasteiger charge is -2.28. The van der Waals surface area contributed by atoms with Gasteiger partial charge in [-0.15, -0.1) is 0 Å². The first-order chi connectivity index (χ1) is 14.8. The van der Waals surface area contributed by atoms with Crippen molar-refractivity contribution in [3.05, 3.63) is 64.7 Å². The van der Waals surface area contributed by atoms with Crippen LogP contribution >= 0.6 is 0 Å². The Kier molecular flexibility index (Phi) is 7.59. The third-order valence-corrected chi connectivity index (χ3v) is 6.17. The first-order valence-electron chi connectivity index (χ1n) is 10.9. The summed E-state index contributed by atoms with van der Waals surface area (Å²) in [6, 6.07) is 8.37. The van der Waals surface area contributed by atoms with Crippen LogP contribution in [0.15, 0.2) is 36.4 Å². The molecule has 2 nitrogen and oxygen atoms in total. The van der Waals surface area contributed by atoms with Crippen molar-refractivity contribution in [3.63, 3.8) is 0 Å². The molecule has 0 heterocycles. The minimum absolute atomic E-state index is 0.401. The molecular weight excluding hydrogens is 406 g/mol. The zero-order chi connectivity index (χ0) is 22.4. The van der Waals surface area contributed by atoms with Crippen LogP contribution in [0.4, 0.5) is 17.6 Å². The average molecular weight is 433 g/mol. The number of alkyl halides is 2. The van der Waals surface area contributed by atoms with Crippen molar-refractivity contribution in [2.45, 2.75) is 64.4 Å². The molecule has 0 aliphatic heterocycles. The number of hydrogen-bond donors (Lipinski definition) is 0. The molecule has 166 valence electrons. The van der Waals surface area contributed by atoms with Gasteiger partial charge < -0.3 is 4.74 Å². The molecule has 0 atom stereocenters. The van der Waals surface area contributed by atoms with Gasteiger partial charge in [-0.05, 0) is 42.4 Å². The molecule has 0 spiro atoms. The Balaban J connectivity index is 1.57. The summed E-state index contributed by atoms with van der Waals surface area (Å²) in [6.45, 7) is 2.23. The molecule has 1 aliphatic rings. The largest absolute Gasteiger partial charge is 0.429 e. The molecule has 1 aliphatic carbocycles. The highest BCUT2D eigenvalue weighted by Crippen LogP contribution is 2.35. The van der Waals surface area contributed by atoms with Gasteiger partial charge in [0.05, 0.1) is 5.56 Å². The Morgan fingerprint density at radius 2 is 1.52 bits per heavy atom. The average Bonchev–Trinajstić information content (AvgIpc) is 2.73. The van der Waals surface area contributed by atoms with Crippen LogP contribution < -0.4 is 4.74 Å². The summed E-state index contributed by atoms with van der Waals surface area (Å²) in [5, 5.41) is 8.67. The Hall–Kier alpha value is -2.55. The fourth-order valence-corrected chi connectivity index (χ4v) is 4.38. The molecule has 2 aromatic rings. The molecular formula is C25H27F4NO. The summed E-state index contributed by atoms with van der Waals surface area (Å²) in [4.78, 5) is 0. The molecule has 1 saturated carbocycles. The molecule has 2 aromatic carbocycles. The van der Waals surface area contributed by atoms with Gasteiger partial charge in [-0.2, -0.15) is 14.0 Å². The van der Waals surface area contributed by atoms with Crippen molar-refractivity contribution in [2.75, 3.05) is 0 Å². The molecule has 3 rings (SSSR count). The summed E-state index contributed by atoms with van der Waals surface area (Å²) in [7, 11) is 0. The second kappa shape index (κ2) is 10.2. The van der Waals surface area contributed by atoms with E-state index in [1.807, 2.05) is 0 Å². The molecule has 6 heteroatoms. The van der Waals surface area contributed by atoms with E-state index >= 15 is 0 Å². The first kappa shape index (κ1) is 23.1. The Labute approximate surface area is 180 Å². The van der Waals surface area contributed by atoms with E-state index in [0.29, 0.717) is 18.1 Å². The number of ether oxygens (including phenoxy) is 1. The van der Waals surface area contributed by atoms with Crippen molar-refractivity contribution in [1.29, 1.82) is 5.26 Å².